The Morgan fingerprint density at radius 3 is 2.60 bits per heavy atom. The van der Waals surface area contributed by atoms with Crippen molar-refractivity contribution in [2.45, 2.75) is 18.4 Å². The molecule has 0 heterocycles. The van der Waals surface area contributed by atoms with E-state index in [-0.39, 0.29) is 11.6 Å². The fourth-order valence-electron chi connectivity index (χ4n) is 1.72. The van der Waals surface area contributed by atoms with E-state index in [9.17, 15) is 4.79 Å². The Morgan fingerprint density at radius 1 is 1.40 bits per heavy atom. The van der Waals surface area contributed by atoms with Crippen molar-refractivity contribution in [1.29, 1.82) is 0 Å². The van der Waals surface area contributed by atoms with E-state index in [0.29, 0.717) is 5.02 Å². The molecule has 0 bridgehead atoms. The molecule has 1 aromatic carbocycles. The van der Waals surface area contributed by atoms with Gasteiger partial charge in [0.2, 0.25) is 0 Å². The van der Waals surface area contributed by atoms with Crippen LogP contribution in [0.5, 0.6) is 0 Å². The van der Waals surface area contributed by atoms with Crippen LogP contribution in [0.2, 0.25) is 5.02 Å². The molecule has 15 heavy (non-hydrogen) atoms. The van der Waals surface area contributed by atoms with Crippen molar-refractivity contribution in [3.8, 4) is 0 Å². The van der Waals surface area contributed by atoms with Crippen LogP contribution in [0.4, 0.5) is 4.79 Å². The standard InChI is InChI=1S/C11H13ClN2O/c1-13-10(15)14-11(6-7-11)8-4-2-3-5-9(8)12/h2-5H,6-7H2,1H3,(H2,13,14,15). The molecular formula is C11H13ClN2O. The number of nitrogens with one attached hydrogen (secondary N) is 2. The maximum atomic E-state index is 11.3. The maximum Gasteiger partial charge on any atom is 0.315 e. The second kappa shape index (κ2) is 3.74. The lowest BCUT2D eigenvalue weighted by Gasteiger charge is -2.18. The normalized spacial score (nSPS) is 16.9. The van der Waals surface area contributed by atoms with Crippen LogP contribution in [-0.2, 0) is 5.54 Å². The number of hydrogen-bond acceptors (Lipinski definition) is 1. The fraction of sp³-hybridized carbons (Fsp3) is 0.364. The van der Waals surface area contributed by atoms with Gasteiger partial charge in [-0.25, -0.2) is 4.79 Å². The number of halogens is 1. The molecule has 0 unspecified atom stereocenters. The third-order valence-electron chi connectivity index (χ3n) is 2.72. The number of urea groups is 1. The summed E-state index contributed by atoms with van der Waals surface area (Å²) >= 11 is 6.10. The molecule has 2 rings (SSSR count). The molecule has 1 aromatic rings. The molecule has 0 saturated heterocycles. The summed E-state index contributed by atoms with van der Waals surface area (Å²) in [6.07, 6.45) is 1.90. The largest absolute Gasteiger partial charge is 0.341 e. The average Bonchev–Trinajstić information content (AvgIpc) is 2.99. The van der Waals surface area contributed by atoms with Gasteiger partial charge in [0.1, 0.15) is 0 Å². The lowest BCUT2D eigenvalue weighted by Crippen LogP contribution is -2.40. The van der Waals surface area contributed by atoms with Crippen molar-refractivity contribution in [2.24, 2.45) is 0 Å². The topological polar surface area (TPSA) is 41.1 Å². The molecule has 1 saturated carbocycles. The Morgan fingerprint density at radius 2 is 2.07 bits per heavy atom. The number of carbonyl (C=O) groups excluding carboxylic acids is 1. The van der Waals surface area contributed by atoms with Crippen molar-refractivity contribution < 1.29 is 4.79 Å². The van der Waals surface area contributed by atoms with Gasteiger partial charge in [0.25, 0.3) is 0 Å². The molecule has 1 aliphatic carbocycles. The van der Waals surface area contributed by atoms with Gasteiger partial charge >= 0.3 is 6.03 Å². The molecule has 2 amide bonds. The van der Waals surface area contributed by atoms with Gasteiger partial charge in [-0.1, -0.05) is 29.8 Å². The highest BCUT2D eigenvalue weighted by molar-refractivity contribution is 6.31. The van der Waals surface area contributed by atoms with Crippen LogP contribution in [-0.4, -0.2) is 13.1 Å². The average molecular weight is 225 g/mol. The SMILES string of the molecule is CNC(=O)NC1(c2ccccc2Cl)CC1. The third kappa shape index (κ3) is 1.92. The van der Waals surface area contributed by atoms with Gasteiger partial charge in [0.05, 0.1) is 5.54 Å². The van der Waals surface area contributed by atoms with Crippen LogP contribution in [0.1, 0.15) is 18.4 Å². The van der Waals surface area contributed by atoms with E-state index in [1.165, 1.54) is 0 Å². The first-order valence-corrected chi connectivity index (χ1v) is 5.31. The van der Waals surface area contributed by atoms with Crippen LogP contribution in [0.3, 0.4) is 0 Å². The molecule has 1 fully saturated rings. The Balaban J connectivity index is 2.23. The molecular weight excluding hydrogens is 212 g/mol. The summed E-state index contributed by atoms with van der Waals surface area (Å²) in [5.74, 6) is 0. The molecule has 80 valence electrons. The number of benzene rings is 1. The van der Waals surface area contributed by atoms with E-state index in [2.05, 4.69) is 10.6 Å². The van der Waals surface area contributed by atoms with Gasteiger partial charge in [-0.2, -0.15) is 0 Å². The Hall–Kier alpha value is -1.22. The van der Waals surface area contributed by atoms with E-state index >= 15 is 0 Å². The maximum absolute atomic E-state index is 11.3. The zero-order valence-corrected chi connectivity index (χ0v) is 9.27. The Kier molecular flexibility index (Phi) is 2.57. The summed E-state index contributed by atoms with van der Waals surface area (Å²) in [5.41, 5.74) is 0.772. The molecule has 2 N–H and O–H groups in total. The third-order valence-corrected chi connectivity index (χ3v) is 3.05. The minimum absolute atomic E-state index is 0.160. The monoisotopic (exact) mass is 224 g/mol. The van der Waals surface area contributed by atoms with Crippen LogP contribution < -0.4 is 10.6 Å². The van der Waals surface area contributed by atoms with Crippen LogP contribution >= 0.6 is 11.6 Å². The van der Waals surface area contributed by atoms with Gasteiger partial charge in [-0.05, 0) is 24.5 Å². The van der Waals surface area contributed by atoms with Crippen molar-refractivity contribution in [3.63, 3.8) is 0 Å². The van der Waals surface area contributed by atoms with Crippen LogP contribution in [0.25, 0.3) is 0 Å². The van der Waals surface area contributed by atoms with Gasteiger partial charge in [0.15, 0.2) is 0 Å². The lowest BCUT2D eigenvalue weighted by molar-refractivity contribution is 0.238. The highest BCUT2D eigenvalue weighted by atomic mass is 35.5. The minimum Gasteiger partial charge on any atom is -0.341 e. The summed E-state index contributed by atoms with van der Waals surface area (Å²) < 4.78 is 0. The number of amides is 2. The highest BCUT2D eigenvalue weighted by Crippen LogP contribution is 2.47. The van der Waals surface area contributed by atoms with Crippen molar-refractivity contribution in [1.82, 2.24) is 10.6 Å². The summed E-state index contributed by atoms with van der Waals surface area (Å²) in [4.78, 5) is 11.3. The molecule has 0 atom stereocenters. The van der Waals surface area contributed by atoms with E-state index in [0.717, 1.165) is 18.4 Å². The lowest BCUT2D eigenvalue weighted by atomic mass is 10.1. The molecule has 0 spiro atoms. The zero-order valence-electron chi connectivity index (χ0n) is 8.51. The van der Waals surface area contributed by atoms with E-state index in [1.807, 2.05) is 24.3 Å². The van der Waals surface area contributed by atoms with Gasteiger partial charge in [0, 0.05) is 12.1 Å². The van der Waals surface area contributed by atoms with Gasteiger partial charge < -0.3 is 10.6 Å². The molecule has 0 aliphatic heterocycles. The van der Waals surface area contributed by atoms with Gasteiger partial charge in [-0.15, -0.1) is 0 Å². The predicted octanol–water partition coefficient (Wildman–Crippen LogP) is 2.26. The Labute approximate surface area is 93.8 Å². The number of rotatable bonds is 2. The van der Waals surface area contributed by atoms with E-state index in [1.54, 1.807) is 7.05 Å². The first kappa shape index (κ1) is 10.3. The van der Waals surface area contributed by atoms with Crippen molar-refractivity contribution >= 4 is 17.6 Å². The first-order chi connectivity index (χ1) is 7.18. The van der Waals surface area contributed by atoms with Crippen molar-refractivity contribution in [3.05, 3.63) is 34.9 Å². The van der Waals surface area contributed by atoms with E-state index < -0.39 is 0 Å². The number of carbonyl (C=O) groups is 1. The summed E-state index contributed by atoms with van der Waals surface area (Å²) in [7, 11) is 1.61. The second-order valence-electron chi connectivity index (χ2n) is 3.77. The fourth-order valence-corrected chi connectivity index (χ4v) is 2.03. The van der Waals surface area contributed by atoms with E-state index in [4.69, 9.17) is 11.6 Å². The zero-order chi connectivity index (χ0) is 10.9. The smallest absolute Gasteiger partial charge is 0.315 e. The minimum atomic E-state index is -0.238. The summed E-state index contributed by atoms with van der Waals surface area (Å²) in [5, 5.41) is 6.21. The quantitative estimate of drug-likeness (QED) is 0.795. The first-order valence-electron chi connectivity index (χ1n) is 4.93. The number of hydrogen-bond donors (Lipinski definition) is 2. The predicted molar refractivity (Wildman–Crippen MR) is 60.0 cm³/mol. The molecule has 3 nitrogen and oxygen atoms in total. The van der Waals surface area contributed by atoms with Crippen molar-refractivity contribution in [2.75, 3.05) is 7.05 Å². The van der Waals surface area contributed by atoms with Gasteiger partial charge in [-0.3, -0.25) is 0 Å². The Bertz CT molecular complexity index is 388. The molecule has 1 aliphatic rings. The summed E-state index contributed by atoms with van der Waals surface area (Å²) in [6.45, 7) is 0. The van der Waals surface area contributed by atoms with Crippen LogP contribution in [0, 0.1) is 0 Å². The second-order valence-corrected chi connectivity index (χ2v) is 4.17. The van der Waals surface area contributed by atoms with Crippen LogP contribution in [0.15, 0.2) is 24.3 Å². The molecule has 0 aromatic heterocycles. The highest BCUT2D eigenvalue weighted by Gasteiger charge is 2.46. The molecule has 0 radical (unpaired) electrons. The summed E-state index contributed by atoms with van der Waals surface area (Å²) in [6, 6.07) is 7.48. The molecule has 4 heteroatoms.